The molecule has 244 valence electrons. The number of piperidine rings is 2. The van der Waals surface area contributed by atoms with E-state index in [-0.39, 0.29) is 23.3 Å². The maximum atomic E-state index is 14.2. The summed E-state index contributed by atoms with van der Waals surface area (Å²) in [4.78, 5) is 27.1. The van der Waals surface area contributed by atoms with Crippen molar-refractivity contribution in [2.24, 2.45) is 11.8 Å². The average molecular weight is 614 g/mol. The number of benzene rings is 2. The van der Waals surface area contributed by atoms with E-state index in [1.165, 1.54) is 12.0 Å². The molecule has 7 heteroatoms. The highest BCUT2D eigenvalue weighted by Gasteiger charge is 2.42. The Bertz CT molecular complexity index is 1470. The van der Waals surface area contributed by atoms with Crippen molar-refractivity contribution >= 4 is 16.6 Å². The molecular weight excluding hydrogens is 558 g/mol. The molecule has 0 radical (unpaired) electrons. The molecule has 1 aromatic heterocycles. The van der Waals surface area contributed by atoms with Gasteiger partial charge in [0.25, 0.3) is 5.56 Å². The van der Waals surface area contributed by atoms with Crippen LogP contribution in [0.25, 0.3) is 10.9 Å². The fourth-order valence-corrected chi connectivity index (χ4v) is 8.51. The second-order valence-corrected chi connectivity index (χ2v) is 14.5. The minimum atomic E-state index is -0.141. The number of ether oxygens (including phenoxy) is 1. The number of fused-ring (bicyclic) bond motifs is 1. The van der Waals surface area contributed by atoms with Crippen molar-refractivity contribution in [1.29, 1.82) is 0 Å². The molecular formula is C38H55N5O2. The standard InChI is InChI=1S/C38H55N5O2/c1-6-11-35(41-24-28(3)22-29(4)25-41)36-39-34-15-14-32(23-33(34)37(44)43(36)7-2)42-26-30(5)45-38(27-42)17-20-40(21-18-38)19-16-31-12-9-8-10-13-31/h8-10,12-15,23,28-30,35H,6-7,11,16-22,24-27H2,1-5H3/t28-,29+,30-,35-/m1/s1. The van der Waals surface area contributed by atoms with Gasteiger partial charge in [0, 0.05) is 58.0 Å². The molecule has 0 unspecified atom stereocenters. The molecule has 3 aliphatic rings. The fraction of sp³-hybridized carbons (Fsp3) is 0.632. The van der Waals surface area contributed by atoms with E-state index in [1.54, 1.807) is 0 Å². The number of anilines is 1. The summed E-state index contributed by atoms with van der Waals surface area (Å²) in [6, 6.07) is 17.4. The summed E-state index contributed by atoms with van der Waals surface area (Å²) in [5, 5.41) is 0.734. The van der Waals surface area contributed by atoms with Gasteiger partial charge in [-0.2, -0.15) is 0 Å². The Morgan fingerprint density at radius 2 is 1.71 bits per heavy atom. The molecule has 0 aliphatic carbocycles. The highest BCUT2D eigenvalue weighted by atomic mass is 16.5. The number of nitrogens with zero attached hydrogens (tertiary/aromatic N) is 5. The molecule has 2 aromatic carbocycles. The van der Waals surface area contributed by atoms with Gasteiger partial charge in [0.15, 0.2) is 0 Å². The predicted octanol–water partition coefficient (Wildman–Crippen LogP) is 6.54. The SMILES string of the molecule is CCC[C@H](c1nc2ccc(N3C[C@@H](C)OC4(CCN(CCc5ccccc5)CC4)C3)cc2c(=O)n1CC)N1C[C@H](C)C[C@H](C)C1. The van der Waals surface area contributed by atoms with Crippen LogP contribution in [0.1, 0.15) is 84.2 Å². The van der Waals surface area contributed by atoms with Crippen LogP contribution >= 0.6 is 0 Å². The van der Waals surface area contributed by atoms with E-state index in [2.05, 4.69) is 97.8 Å². The topological polar surface area (TPSA) is 53.8 Å². The lowest BCUT2D eigenvalue weighted by atomic mass is 9.88. The first kappa shape index (κ1) is 32.2. The Morgan fingerprint density at radius 3 is 2.40 bits per heavy atom. The van der Waals surface area contributed by atoms with Crippen LogP contribution in [0.15, 0.2) is 53.3 Å². The van der Waals surface area contributed by atoms with E-state index in [1.807, 2.05) is 4.57 Å². The van der Waals surface area contributed by atoms with Crippen molar-refractivity contribution in [3.05, 3.63) is 70.3 Å². The molecule has 0 bridgehead atoms. The molecule has 3 aromatic rings. The van der Waals surface area contributed by atoms with Crippen LogP contribution in [0.5, 0.6) is 0 Å². The summed E-state index contributed by atoms with van der Waals surface area (Å²) in [7, 11) is 0. The molecule has 4 heterocycles. The van der Waals surface area contributed by atoms with E-state index >= 15 is 0 Å². The zero-order valence-electron chi connectivity index (χ0n) is 28.4. The maximum absolute atomic E-state index is 14.2. The highest BCUT2D eigenvalue weighted by Crippen LogP contribution is 2.36. The lowest BCUT2D eigenvalue weighted by Gasteiger charge is -2.50. The second-order valence-electron chi connectivity index (χ2n) is 14.5. The minimum absolute atomic E-state index is 0.0984. The second kappa shape index (κ2) is 13.9. The van der Waals surface area contributed by atoms with Crippen LogP contribution in [-0.4, -0.2) is 76.9 Å². The summed E-state index contributed by atoms with van der Waals surface area (Å²) in [6.07, 6.45) is 6.68. The molecule has 1 spiro atoms. The van der Waals surface area contributed by atoms with Gasteiger partial charge in [-0.3, -0.25) is 14.3 Å². The first-order valence-corrected chi connectivity index (χ1v) is 17.7. The van der Waals surface area contributed by atoms with Gasteiger partial charge in [0.2, 0.25) is 0 Å². The molecule has 0 N–H and O–H groups in total. The van der Waals surface area contributed by atoms with Crippen molar-refractivity contribution < 1.29 is 4.74 Å². The van der Waals surface area contributed by atoms with E-state index < -0.39 is 0 Å². The monoisotopic (exact) mass is 613 g/mol. The van der Waals surface area contributed by atoms with Crippen LogP contribution in [-0.2, 0) is 17.7 Å². The third-order valence-electron chi connectivity index (χ3n) is 10.6. The third kappa shape index (κ3) is 7.16. The third-order valence-corrected chi connectivity index (χ3v) is 10.6. The lowest BCUT2D eigenvalue weighted by Crippen LogP contribution is -2.59. The molecule has 4 atom stereocenters. The van der Waals surface area contributed by atoms with E-state index in [9.17, 15) is 4.79 Å². The van der Waals surface area contributed by atoms with Gasteiger partial charge in [0.05, 0.1) is 28.6 Å². The number of likely N-dealkylation sites (tertiary alicyclic amines) is 2. The molecule has 7 nitrogen and oxygen atoms in total. The molecule has 6 rings (SSSR count). The van der Waals surface area contributed by atoms with Crippen LogP contribution in [0.2, 0.25) is 0 Å². The van der Waals surface area contributed by atoms with Crippen molar-refractivity contribution in [3.8, 4) is 0 Å². The Labute approximate surface area is 270 Å². The summed E-state index contributed by atoms with van der Waals surface area (Å²) in [5.74, 6) is 2.28. The average Bonchev–Trinajstić information content (AvgIpc) is 3.03. The van der Waals surface area contributed by atoms with Gasteiger partial charge in [-0.15, -0.1) is 0 Å². The fourth-order valence-electron chi connectivity index (χ4n) is 8.51. The summed E-state index contributed by atoms with van der Waals surface area (Å²) < 4.78 is 8.68. The first-order valence-electron chi connectivity index (χ1n) is 17.7. The Hall–Kier alpha value is -2.74. The molecule has 3 fully saturated rings. The number of hydrogen-bond acceptors (Lipinski definition) is 6. The van der Waals surface area contributed by atoms with Crippen molar-refractivity contribution in [2.45, 2.75) is 97.4 Å². The van der Waals surface area contributed by atoms with Crippen LogP contribution in [0.3, 0.4) is 0 Å². The quantitative estimate of drug-likeness (QED) is 0.273. The van der Waals surface area contributed by atoms with Crippen molar-refractivity contribution in [1.82, 2.24) is 19.4 Å². The van der Waals surface area contributed by atoms with Gasteiger partial charge in [0.1, 0.15) is 5.82 Å². The number of hydrogen-bond donors (Lipinski definition) is 0. The highest BCUT2D eigenvalue weighted by molar-refractivity contribution is 5.82. The van der Waals surface area contributed by atoms with E-state index in [0.29, 0.717) is 18.4 Å². The van der Waals surface area contributed by atoms with Gasteiger partial charge in [-0.1, -0.05) is 57.5 Å². The largest absolute Gasteiger partial charge is 0.368 e. The van der Waals surface area contributed by atoms with Crippen molar-refractivity contribution in [2.75, 3.05) is 50.7 Å². The van der Waals surface area contributed by atoms with Crippen LogP contribution in [0.4, 0.5) is 5.69 Å². The zero-order valence-corrected chi connectivity index (χ0v) is 28.4. The Morgan fingerprint density at radius 1 is 0.978 bits per heavy atom. The van der Waals surface area contributed by atoms with Crippen LogP contribution in [0, 0.1) is 11.8 Å². The van der Waals surface area contributed by atoms with Gasteiger partial charge in [-0.25, -0.2) is 4.98 Å². The van der Waals surface area contributed by atoms with E-state index in [4.69, 9.17) is 9.72 Å². The molecule has 45 heavy (non-hydrogen) atoms. The Kier molecular flexibility index (Phi) is 9.98. The van der Waals surface area contributed by atoms with Crippen LogP contribution < -0.4 is 10.5 Å². The normalized spacial score (nSPS) is 25.2. The maximum Gasteiger partial charge on any atom is 0.261 e. The molecule has 3 aliphatic heterocycles. The van der Waals surface area contributed by atoms with E-state index in [0.717, 1.165) is 100 Å². The smallest absolute Gasteiger partial charge is 0.261 e. The number of morpholine rings is 1. The Balaban J connectivity index is 1.21. The molecule has 0 amide bonds. The molecule has 0 saturated carbocycles. The predicted molar refractivity (Wildman–Crippen MR) is 185 cm³/mol. The minimum Gasteiger partial charge on any atom is -0.368 e. The summed E-state index contributed by atoms with van der Waals surface area (Å²) in [6.45, 7) is 19.0. The van der Waals surface area contributed by atoms with Crippen molar-refractivity contribution in [3.63, 3.8) is 0 Å². The first-order chi connectivity index (χ1) is 21.8. The summed E-state index contributed by atoms with van der Waals surface area (Å²) in [5.41, 5.74) is 3.30. The van der Waals surface area contributed by atoms with Gasteiger partial charge >= 0.3 is 0 Å². The lowest BCUT2D eigenvalue weighted by molar-refractivity contribution is -0.126. The number of aromatic nitrogens is 2. The van der Waals surface area contributed by atoms with Gasteiger partial charge < -0.3 is 14.5 Å². The number of rotatable bonds is 9. The van der Waals surface area contributed by atoms with Gasteiger partial charge in [-0.05, 0) is 81.5 Å². The zero-order chi connectivity index (χ0) is 31.6. The summed E-state index contributed by atoms with van der Waals surface area (Å²) >= 11 is 0. The molecule has 3 saturated heterocycles.